The summed E-state index contributed by atoms with van der Waals surface area (Å²) in [6, 6.07) is 0.817. The van der Waals surface area contributed by atoms with Gasteiger partial charge in [-0.1, -0.05) is 0 Å². The molecule has 0 bridgehead atoms. The molecule has 1 saturated heterocycles. The van der Waals surface area contributed by atoms with Crippen molar-refractivity contribution in [1.29, 1.82) is 0 Å². The smallest absolute Gasteiger partial charge is 0.313 e. The van der Waals surface area contributed by atoms with Gasteiger partial charge in [0.2, 0.25) is 5.91 Å². The highest BCUT2D eigenvalue weighted by molar-refractivity contribution is 7.11. The van der Waals surface area contributed by atoms with Crippen LogP contribution in [0.4, 0.5) is 29.3 Å². The summed E-state index contributed by atoms with van der Waals surface area (Å²) < 4.78 is 42.6. The third-order valence-corrected chi connectivity index (χ3v) is 8.15. The van der Waals surface area contributed by atoms with Gasteiger partial charge in [0.25, 0.3) is 0 Å². The molecule has 8 nitrogen and oxygen atoms in total. The average molecular weight is 517 g/mol. The molecular weight excluding hydrogens is 493 g/mol. The van der Waals surface area contributed by atoms with Crippen LogP contribution < -0.4 is 10.2 Å². The first kappa shape index (κ1) is 23.0. The van der Waals surface area contributed by atoms with Crippen molar-refractivity contribution >= 4 is 34.6 Å². The van der Waals surface area contributed by atoms with Crippen LogP contribution in [0.5, 0.6) is 0 Å². The molecule has 0 radical (unpaired) electrons. The summed E-state index contributed by atoms with van der Waals surface area (Å²) in [6.45, 7) is 3.10. The Bertz CT molecular complexity index is 1350. The highest BCUT2D eigenvalue weighted by Crippen LogP contribution is 2.41. The Kier molecular flexibility index (Phi) is 5.51. The molecule has 2 fully saturated rings. The zero-order valence-corrected chi connectivity index (χ0v) is 20.2. The number of amides is 3. The van der Waals surface area contributed by atoms with Crippen molar-refractivity contribution in [2.75, 3.05) is 16.8 Å². The Morgan fingerprint density at radius 2 is 1.89 bits per heavy atom. The van der Waals surface area contributed by atoms with Gasteiger partial charge in [0.05, 0.1) is 41.7 Å². The van der Waals surface area contributed by atoms with Crippen molar-refractivity contribution in [3.63, 3.8) is 0 Å². The molecule has 1 aromatic carbocycles. The van der Waals surface area contributed by atoms with Gasteiger partial charge >= 0.3 is 6.03 Å². The van der Waals surface area contributed by atoms with Crippen LogP contribution in [0.15, 0.2) is 24.5 Å². The Balaban J connectivity index is 1.26. The van der Waals surface area contributed by atoms with Gasteiger partial charge in [0, 0.05) is 47.8 Å². The van der Waals surface area contributed by atoms with E-state index < -0.39 is 23.5 Å². The maximum absolute atomic E-state index is 13.7. The van der Waals surface area contributed by atoms with Gasteiger partial charge in [-0.25, -0.2) is 22.9 Å². The van der Waals surface area contributed by atoms with E-state index in [1.165, 1.54) is 0 Å². The molecule has 2 aliphatic heterocycles. The second-order valence-electron chi connectivity index (χ2n) is 9.59. The number of nitrogens with one attached hydrogen (secondary N) is 1. The van der Waals surface area contributed by atoms with Crippen molar-refractivity contribution in [2.45, 2.75) is 51.2 Å². The molecule has 3 amide bonds. The van der Waals surface area contributed by atoms with Crippen LogP contribution in [0.25, 0.3) is 0 Å². The Morgan fingerprint density at radius 3 is 2.56 bits per heavy atom. The first-order chi connectivity index (χ1) is 17.3. The lowest BCUT2D eigenvalue weighted by Gasteiger charge is -2.37. The zero-order chi connectivity index (χ0) is 25.1. The van der Waals surface area contributed by atoms with Crippen LogP contribution in [0.2, 0.25) is 0 Å². The zero-order valence-electron chi connectivity index (χ0n) is 19.4. The number of fused-ring (bicyclic) bond motifs is 1. The van der Waals surface area contributed by atoms with E-state index in [2.05, 4.69) is 15.4 Å². The van der Waals surface area contributed by atoms with Crippen LogP contribution in [0, 0.1) is 30.3 Å². The minimum absolute atomic E-state index is 0.00257. The Hall–Kier alpha value is -3.41. The molecule has 2 aromatic heterocycles. The van der Waals surface area contributed by atoms with Crippen molar-refractivity contribution in [1.82, 2.24) is 19.7 Å². The molecule has 2 unspecified atom stereocenters. The van der Waals surface area contributed by atoms with E-state index in [-0.39, 0.29) is 30.1 Å². The Labute approximate surface area is 208 Å². The number of halogens is 3. The standard InChI is InChI=1S/C24H23F3N6O2S/c1-12-7-28-23(36-12)14-4-21(34)31(9-14)18-8-29-33-11-19(13-2-3-13)32(10-20(18)33)24(35)30-15-5-16(25)22(27)17(26)6-15/h5-8,13-14,19H,2-4,9-11H2,1H3,(H,30,35). The lowest BCUT2D eigenvalue weighted by molar-refractivity contribution is -0.117. The number of hydrogen-bond acceptors (Lipinski definition) is 5. The topological polar surface area (TPSA) is 83.4 Å². The summed E-state index contributed by atoms with van der Waals surface area (Å²) in [5, 5.41) is 7.96. The van der Waals surface area contributed by atoms with Crippen molar-refractivity contribution in [3.05, 3.63) is 57.6 Å². The maximum atomic E-state index is 13.7. The Morgan fingerprint density at radius 1 is 1.14 bits per heavy atom. The number of aryl methyl sites for hydroxylation is 1. The van der Waals surface area contributed by atoms with E-state index in [1.807, 2.05) is 17.8 Å². The lowest BCUT2D eigenvalue weighted by atomic mass is 10.1. The molecule has 36 heavy (non-hydrogen) atoms. The summed E-state index contributed by atoms with van der Waals surface area (Å²) in [4.78, 5) is 35.1. The van der Waals surface area contributed by atoms with Gasteiger partial charge < -0.3 is 15.1 Å². The predicted molar refractivity (Wildman–Crippen MR) is 126 cm³/mol. The first-order valence-corrected chi connectivity index (χ1v) is 12.6. The average Bonchev–Trinajstić information content (AvgIpc) is 3.29. The lowest BCUT2D eigenvalue weighted by Crippen LogP contribution is -2.49. The van der Waals surface area contributed by atoms with Crippen molar-refractivity contribution < 1.29 is 22.8 Å². The number of nitrogens with zero attached hydrogens (tertiary/aromatic N) is 5. The summed E-state index contributed by atoms with van der Waals surface area (Å²) in [5.41, 5.74) is 1.21. The fraction of sp³-hybridized carbons (Fsp3) is 0.417. The predicted octanol–water partition coefficient (Wildman–Crippen LogP) is 4.41. The number of benzene rings is 1. The van der Waals surface area contributed by atoms with Gasteiger partial charge in [0.15, 0.2) is 17.5 Å². The number of hydrogen-bond donors (Lipinski definition) is 1. The maximum Gasteiger partial charge on any atom is 0.322 e. The first-order valence-electron chi connectivity index (χ1n) is 11.8. The van der Waals surface area contributed by atoms with Crippen molar-refractivity contribution in [2.24, 2.45) is 5.92 Å². The molecule has 1 saturated carbocycles. The number of carbonyl (C=O) groups excluding carboxylic acids is 2. The minimum atomic E-state index is -1.59. The van der Waals surface area contributed by atoms with Gasteiger partial charge in [0.1, 0.15) is 0 Å². The van der Waals surface area contributed by atoms with Gasteiger partial charge in [-0.2, -0.15) is 5.10 Å². The molecule has 0 spiro atoms. The quantitative estimate of drug-likeness (QED) is 0.521. The van der Waals surface area contributed by atoms with Gasteiger partial charge in [-0.3, -0.25) is 9.48 Å². The van der Waals surface area contributed by atoms with E-state index in [0.717, 1.165) is 40.6 Å². The summed E-state index contributed by atoms with van der Waals surface area (Å²) in [7, 11) is 0. The SMILES string of the molecule is Cc1cnc(C2CC(=O)N(c3cnn4c3CN(C(=O)Nc3cc(F)c(F)c(F)c3)C(C3CC3)C4)C2)s1. The van der Waals surface area contributed by atoms with Gasteiger partial charge in [-0.15, -0.1) is 11.3 Å². The molecule has 3 aromatic rings. The van der Waals surface area contributed by atoms with Crippen LogP contribution in [-0.2, 0) is 17.9 Å². The van der Waals surface area contributed by atoms with E-state index in [4.69, 9.17) is 0 Å². The van der Waals surface area contributed by atoms with Crippen LogP contribution >= 0.6 is 11.3 Å². The highest BCUT2D eigenvalue weighted by Gasteiger charge is 2.43. The number of rotatable bonds is 4. The molecule has 4 heterocycles. The second kappa shape index (κ2) is 8.61. The minimum Gasteiger partial charge on any atom is -0.313 e. The molecule has 6 rings (SSSR count). The van der Waals surface area contributed by atoms with E-state index >= 15 is 0 Å². The summed E-state index contributed by atoms with van der Waals surface area (Å²) >= 11 is 1.58. The molecular formula is C24H23F3N6O2S. The van der Waals surface area contributed by atoms with E-state index in [9.17, 15) is 22.8 Å². The van der Waals surface area contributed by atoms with Crippen LogP contribution in [-0.4, -0.2) is 44.2 Å². The summed E-state index contributed by atoms with van der Waals surface area (Å²) in [5.74, 6) is -4.07. The molecule has 3 aliphatic rings. The van der Waals surface area contributed by atoms with Crippen molar-refractivity contribution in [3.8, 4) is 0 Å². The highest BCUT2D eigenvalue weighted by atomic mass is 32.1. The van der Waals surface area contributed by atoms with E-state index in [0.29, 0.717) is 31.1 Å². The number of aromatic nitrogens is 3. The monoisotopic (exact) mass is 516 g/mol. The number of urea groups is 1. The normalized spacial score (nSPS) is 21.7. The van der Waals surface area contributed by atoms with Crippen LogP contribution in [0.1, 0.15) is 40.8 Å². The molecule has 1 aliphatic carbocycles. The second-order valence-corrected chi connectivity index (χ2v) is 10.9. The fourth-order valence-electron chi connectivity index (χ4n) is 5.10. The van der Waals surface area contributed by atoms with Gasteiger partial charge in [-0.05, 0) is 25.7 Å². The molecule has 188 valence electrons. The number of anilines is 2. The summed E-state index contributed by atoms with van der Waals surface area (Å²) in [6.07, 6.45) is 5.77. The van der Waals surface area contributed by atoms with Crippen LogP contribution in [0.3, 0.4) is 0 Å². The number of carbonyl (C=O) groups is 2. The largest absolute Gasteiger partial charge is 0.322 e. The van der Waals surface area contributed by atoms with E-state index in [1.54, 1.807) is 27.3 Å². The molecule has 1 N–H and O–H groups in total. The fourth-order valence-corrected chi connectivity index (χ4v) is 5.96. The molecule has 12 heteroatoms. The third kappa shape index (κ3) is 4.02. The number of thiazole rings is 1. The third-order valence-electron chi connectivity index (χ3n) is 7.07. The molecule has 2 atom stereocenters.